The SMILES string of the molecule is CC[C@@H](/C=C/[C@H](OCc1ccccc1)[C@H](C=C(C)C)OCc1ccccc1)CCI. The Morgan fingerprint density at radius 2 is 1.37 bits per heavy atom. The molecule has 0 aliphatic rings. The van der Waals surface area contributed by atoms with E-state index in [1.165, 1.54) is 23.1 Å². The van der Waals surface area contributed by atoms with Crippen LogP contribution < -0.4 is 0 Å². The van der Waals surface area contributed by atoms with Crippen LogP contribution in [0.1, 0.15) is 44.7 Å². The standard InChI is InChI=1S/C27H35IO2/c1-4-23(17-18-28)15-16-26(29-20-24-11-7-5-8-12-24)27(19-22(2)3)30-21-25-13-9-6-10-14-25/h5-16,19,23,26-27H,4,17-18,20-21H2,1-3H3/b16-15+/t23-,26-,27-/m0/s1. The maximum Gasteiger partial charge on any atom is 0.106 e. The number of rotatable bonds is 13. The van der Waals surface area contributed by atoms with Gasteiger partial charge in [0.05, 0.1) is 13.2 Å². The van der Waals surface area contributed by atoms with E-state index in [2.05, 4.69) is 98.0 Å². The predicted molar refractivity (Wildman–Crippen MR) is 136 cm³/mol. The van der Waals surface area contributed by atoms with Crippen molar-refractivity contribution in [3.8, 4) is 0 Å². The fraction of sp³-hybridized carbons (Fsp3) is 0.407. The number of allylic oxidation sites excluding steroid dienone is 2. The smallest absolute Gasteiger partial charge is 0.106 e. The lowest BCUT2D eigenvalue weighted by Gasteiger charge is -2.24. The van der Waals surface area contributed by atoms with E-state index in [4.69, 9.17) is 9.47 Å². The molecule has 30 heavy (non-hydrogen) atoms. The summed E-state index contributed by atoms with van der Waals surface area (Å²) >= 11 is 2.46. The zero-order valence-corrected chi connectivity index (χ0v) is 20.6. The van der Waals surface area contributed by atoms with Crippen LogP contribution in [0.4, 0.5) is 0 Å². The van der Waals surface area contributed by atoms with Crippen LogP contribution in [0.15, 0.2) is 84.5 Å². The molecule has 0 fully saturated rings. The van der Waals surface area contributed by atoms with Crippen LogP contribution in [-0.4, -0.2) is 16.6 Å². The van der Waals surface area contributed by atoms with Crippen molar-refractivity contribution >= 4 is 22.6 Å². The van der Waals surface area contributed by atoms with E-state index < -0.39 is 0 Å². The number of hydrogen-bond donors (Lipinski definition) is 0. The second kappa shape index (κ2) is 14.6. The lowest BCUT2D eigenvalue weighted by molar-refractivity contribution is -0.0426. The van der Waals surface area contributed by atoms with Crippen molar-refractivity contribution in [3.63, 3.8) is 0 Å². The second-order valence-electron chi connectivity index (χ2n) is 7.80. The minimum Gasteiger partial charge on any atom is -0.366 e. The van der Waals surface area contributed by atoms with Crippen molar-refractivity contribution in [3.05, 3.63) is 95.6 Å². The summed E-state index contributed by atoms with van der Waals surface area (Å²) in [7, 11) is 0. The lowest BCUT2D eigenvalue weighted by Crippen LogP contribution is -2.29. The molecule has 0 aliphatic carbocycles. The van der Waals surface area contributed by atoms with E-state index in [9.17, 15) is 0 Å². The first-order valence-electron chi connectivity index (χ1n) is 10.8. The van der Waals surface area contributed by atoms with Crippen LogP contribution in [-0.2, 0) is 22.7 Å². The molecule has 0 N–H and O–H groups in total. The van der Waals surface area contributed by atoms with Gasteiger partial charge in [-0.3, -0.25) is 0 Å². The number of hydrogen-bond acceptors (Lipinski definition) is 2. The molecular formula is C27H35IO2. The van der Waals surface area contributed by atoms with Gasteiger partial charge in [-0.1, -0.05) is 114 Å². The minimum atomic E-state index is -0.132. The van der Waals surface area contributed by atoms with E-state index in [1.54, 1.807) is 0 Å². The molecule has 2 aromatic carbocycles. The Morgan fingerprint density at radius 3 is 1.83 bits per heavy atom. The average molecular weight is 518 g/mol. The third-order valence-electron chi connectivity index (χ3n) is 4.97. The van der Waals surface area contributed by atoms with Crippen molar-refractivity contribution in [2.24, 2.45) is 5.92 Å². The molecule has 2 nitrogen and oxygen atoms in total. The van der Waals surface area contributed by atoms with Crippen molar-refractivity contribution in [2.45, 2.75) is 59.0 Å². The van der Waals surface area contributed by atoms with Gasteiger partial charge in [-0.05, 0) is 43.7 Å². The molecular weight excluding hydrogens is 483 g/mol. The van der Waals surface area contributed by atoms with Crippen LogP contribution in [0, 0.1) is 5.92 Å². The lowest BCUT2D eigenvalue weighted by atomic mass is 10.0. The van der Waals surface area contributed by atoms with Crippen molar-refractivity contribution < 1.29 is 9.47 Å². The van der Waals surface area contributed by atoms with Gasteiger partial charge < -0.3 is 9.47 Å². The van der Waals surface area contributed by atoms with Crippen molar-refractivity contribution in [1.82, 2.24) is 0 Å². The van der Waals surface area contributed by atoms with Crippen LogP contribution in [0.5, 0.6) is 0 Å². The number of halogens is 1. The fourth-order valence-electron chi connectivity index (χ4n) is 3.20. The Bertz CT molecular complexity index is 751. The quantitative estimate of drug-likeness (QED) is 0.155. The molecule has 0 aliphatic heterocycles. The Balaban J connectivity index is 2.18. The first-order chi connectivity index (χ1) is 14.6. The normalized spacial score (nSPS) is 14.4. The first-order valence-corrected chi connectivity index (χ1v) is 12.3. The summed E-state index contributed by atoms with van der Waals surface area (Å²) in [6.07, 6.45) is 8.80. The van der Waals surface area contributed by atoms with Gasteiger partial charge in [0.2, 0.25) is 0 Å². The highest BCUT2D eigenvalue weighted by atomic mass is 127. The Labute approximate surface area is 196 Å². The van der Waals surface area contributed by atoms with Crippen LogP contribution in [0.3, 0.4) is 0 Å². The molecule has 0 saturated heterocycles. The fourth-order valence-corrected chi connectivity index (χ4v) is 4.00. The summed E-state index contributed by atoms with van der Waals surface area (Å²) in [6.45, 7) is 7.62. The molecule has 162 valence electrons. The Hall–Kier alpha value is -1.43. The molecule has 0 unspecified atom stereocenters. The molecule has 3 atom stereocenters. The van der Waals surface area contributed by atoms with E-state index in [-0.39, 0.29) is 12.2 Å². The molecule has 2 rings (SSSR count). The van der Waals surface area contributed by atoms with Gasteiger partial charge in [-0.25, -0.2) is 0 Å². The minimum absolute atomic E-state index is 0.132. The van der Waals surface area contributed by atoms with E-state index in [1.807, 2.05) is 24.3 Å². The highest BCUT2D eigenvalue weighted by molar-refractivity contribution is 14.1. The van der Waals surface area contributed by atoms with Crippen LogP contribution >= 0.6 is 22.6 Å². The van der Waals surface area contributed by atoms with Gasteiger partial charge in [-0.2, -0.15) is 0 Å². The summed E-state index contributed by atoms with van der Waals surface area (Å²) in [6, 6.07) is 20.7. The van der Waals surface area contributed by atoms with Gasteiger partial charge in [0.1, 0.15) is 12.2 Å². The molecule has 0 bridgehead atoms. The zero-order chi connectivity index (χ0) is 21.6. The molecule has 0 aromatic heterocycles. The largest absolute Gasteiger partial charge is 0.366 e. The predicted octanol–water partition coefficient (Wildman–Crippen LogP) is 7.53. The molecule has 0 saturated carbocycles. The summed E-state index contributed by atoms with van der Waals surface area (Å²) < 4.78 is 13.9. The highest BCUT2D eigenvalue weighted by Gasteiger charge is 2.20. The van der Waals surface area contributed by atoms with Gasteiger partial charge in [-0.15, -0.1) is 0 Å². The Kier molecular flexibility index (Phi) is 12.0. The third kappa shape index (κ3) is 9.59. The van der Waals surface area contributed by atoms with E-state index in [0.717, 1.165) is 10.8 Å². The summed E-state index contributed by atoms with van der Waals surface area (Å²) in [5, 5.41) is 0. The number of ether oxygens (including phenoxy) is 2. The molecule has 0 amide bonds. The van der Waals surface area contributed by atoms with E-state index in [0.29, 0.717) is 19.1 Å². The van der Waals surface area contributed by atoms with Gasteiger partial charge in [0.25, 0.3) is 0 Å². The van der Waals surface area contributed by atoms with Gasteiger partial charge in [0, 0.05) is 4.43 Å². The molecule has 2 aromatic rings. The topological polar surface area (TPSA) is 18.5 Å². The summed E-state index contributed by atoms with van der Waals surface area (Å²) in [4.78, 5) is 0. The zero-order valence-electron chi connectivity index (χ0n) is 18.5. The summed E-state index contributed by atoms with van der Waals surface area (Å²) in [5.41, 5.74) is 3.58. The second-order valence-corrected chi connectivity index (χ2v) is 8.88. The molecule has 0 spiro atoms. The monoisotopic (exact) mass is 518 g/mol. The van der Waals surface area contributed by atoms with Crippen molar-refractivity contribution in [2.75, 3.05) is 4.43 Å². The van der Waals surface area contributed by atoms with Crippen molar-refractivity contribution in [1.29, 1.82) is 0 Å². The maximum absolute atomic E-state index is 6.39. The number of benzene rings is 2. The van der Waals surface area contributed by atoms with E-state index >= 15 is 0 Å². The highest BCUT2D eigenvalue weighted by Crippen LogP contribution is 2.19. The molecule has 0 heterocycles. The molecule has 3 heteroatoms. The number of alkyl halides is 1. The molecule has 0 radical (unpaired) electrons. The Morgan fingerprint density at radius 1 is 0.833 bits per heavy atom. The van der Waals surface area contributed by atoms with Crippen LogP contribution in [0.2, 0.25) is 0 Å². The maximum atomic E-state index is 6.39. The van der Waals surface area contributed by atoms with Gasteiger partial charge in [0.15, 0.2) is 0 Å². The van der Waals surface area contributed by atoms with Gasteiger partial charge >= 0.3 is 0 Å². The average Bonchev–Trinajstić information content (AvgIpc) is 2.77. The first kappa shape index (κ1) is 24.8. The summed E-state index contributed by atoms with van der Waals surface area (Å²) in [5.74, 6) is 0.575. The van der Waals surface area contributed by atoms with Crippen LogP contribution in [0.25, 0.3) is 0 Å². The third-order valence-corrected chi connectivity index (χ3v) is 5.59.